The van der Waals surface area contributed by atoms with Crippen LogP contribution in [0.3, 0.4) is 0 Å². The van der Waals surface area contributed by atoms with Crippen LogP contribution in [0.4, 0.5) is 0 Å². The summed E-state index contributed by atoms with van der Waals surface area (Å²) in [5, 5.41) is 8.32. The van der Waals surface area contributed by atoms with E-state index >= 15 is 0 Å². The summed E-state index contributed by atoms with van der Waals surface area (Å²) in [7, 11) is 0. The van der Waals surface area contributed by atoms with Gasteiger partial charge in [0.05, 0.1) is 5.52 Å². The van der Waals surface area contributed by atoms with Gasteiger partial charge in [0.25, 0.3) is 0 Å². The maximum Gasteiger partial charge on any atom is 0.351 e. The lowest BCUT2D eigenvalue weighted by atomic mass is 10.1. The van der Waals surface area contributed by atoms with E-state index in [0.29, 0.717) is 17.0 Å². The standard InChI is InChI=1S/C23H23N5O2/c1-15-10-12-16(13-11-15)21-25-22-18-8-4-5-9-19(18)27(23(30)28(22)26-21)14-20(29)24-17-6-2-3-7-17/h4-5,8-13,17H,2-3,6-7,14H2,1H3,(H,24,29). The Morgan fingerprint density at radius 2 is 1.83 bits per heavy atom. The molecule has 1 aliphatic rings. The van der Waals surface area contributed by atoms with Gasteiger partial charge in [-0.1, -0.05) is 54.8 Å². The Kier molecular flexibility index (Phi) is 4.58. The first-order chi connectivity index (χ1) is 14.6. The van der Waals surface area contributed by atoms with E-state index in [9.17, 15) is 9.59 Å². The number of para-hydroxylation sites is 1. The number of aryl methyl sites for hydroxylation is 1. The first-order valence-electron chi connectivity index (χ1n) is 10.3. The van der Waals surface area contributed by atoms with Crippen molar-refractivity contribution in [2.24, 2.45) is 0 Å². The fraction of sp³-hybridized carbons (Fsp3) is 0.304. The molecule has 1 saturated carbocycles. The van der Waals surface area contributed by atoms with Crippen LogP contribution < -0.4 is 11.0 Å². The number of hydrogen-bond donors (Lipinski definition) is 1. The quantitative estimate of drug-likeness (QED) is 0.570. The van der Waals surface area contributed by atoms with Gasteiger partial charge in [0, 0.05) is 17.0 Å². The zero-order valence-corrected chi connectivity index (χ0v) is 16.8. The molecule has 1 amide bonds. The largest absolute Gasteiger partial charge is 0.352 e. The predicted octanol–water partition coefficient (Wildman–Crippen LogP) is 3.08. The first-order valence-corrected chi connectivity index (χ1v) is 10.3. The molecule has 30 heavy (non-hydrogen) atoms. The molecule has 0 bridgehead atoms. The van der Waals surface area contributed by atoms with Gasteiger partial charge in [-0.3, -0.25) is 9.36 Å². The van der Waals surface area contributed by atoms with E-state index in [0.717, 1.165) is 42.2 Å². The number of amides is 1. The summed E-state index contributed by atoms with van der Waals surface area (Å²) < 4.78 is 2.79. The number of carbonyl (C=O) groups excluding carboxylic acids is 1. The van der Waals surface area contributed by atoms with E-state index in [4.69, 9.17) is 0 Å². The Morgan fingerprint density at radius 3 is 2.60 bits per heavy atom. The minimum atomic E-state index is -0.365. The van der Waals surface area contributed by atoms with Crippen molar-refractivity contribution < 1.29 is 4.79 Å². The average Bonchev–Trinajstić information content (AvgIpc) is 3.42. The number of carbonyl (C=O) groups is 1. The molecule has 4 aromatic rings. The van der Waals surface area contributed by atoms with Gasteiger partial charge in [0.2, 0.25) is 5.91 Å². The van der Waals surface area contributed by atoms with E-state index in [-0.39, 0.29) is 24.2 Å². The predicted molar refractivity (Wildman–Crippen MR) is 115 cm³/mol. The van der Waals surface area contributed by atoms with Crippen LogP contribution in [-0.2, 0) is 11.3 Å². The Bertz CT molecular complexity index is 1300. The summed E-state index contributed by atoms with van der Waals surface area (Å²) in [5.74, 6) is 0.345. The second-order valence-electron chi connectivity index (χ2n) is 7.97. The molecule has 1 fully saturated rings. The van der Waals surface area contributed by atoms with Crippen LogP contribution in [-0.4, -0.2) is 31.1 Å². The summed E-state index contributed by atoms with van der Waals surface area (Å²) in [6.07, 6.45) is 4.29. The summed E-state index contributed by atoms with van der Waals surface area (Å²) in [5.41, 5.74) is 2.80. The van der Waals surface area contributed by atoms with Crippen molar-refractivity contribution in [3.8, 4) is 11.4 Å². The molecule has 0 unspecified atom stereocenters. The van der Waals surface area contributed by atoms with Gasteiger partial charge in [0.15, 0.2) is 11.5 Å². The Balaban J connectivity index is 1.61. The number of aromatic nitrogens is 4. The van der Waals surface area contributed by atoms with Gasteiger partial charge < -0.3 is 5.32 Å². The SMILES string of the molecule is Cc1ccc(-c2nc3c4ccccc4n(CC(=O)NC4CCCC4)c(=O)n3n2)cc1. The second kappa shape index (κ2) is 7.40. The number of hydrogen-bond acceptors (Lipinski definition) is 4. The highest BCUT2D eigenvalue weighted by Gasteiger charge is 2.20. The molecular formula is C23H23N5O2. The highest BCUT2D eigenvalue weighted by molar-refractivity contribution is 5.92. The van der Waals surface area contributed by atoms with Crippen LogP contribution in [0.1, 0.15) is 31.2 Å². The van der Waals surface area contributed by atoms with Crippen LogP contribution in [0.25, 0.3) is 27.9 Å². The molecule has 0 saturated heterocycles. The van der Waals surface area contributed by atoms with Crippen LogP contribution in [0.15, 0.2) is 53.3 Å². The van der Waals surface area contributed by atoms with Crippen molar-refractivity contribution in [2.75, 3.05) is 0 Å². The Labute approximate surface area is 173 Å². The summed E-state index contributed by atoms with van der Waals surface area (Å²) >= 11 is 0. The molecule has 2 aromatic carbocycles. The lowest BCUT2D eigenvalue weighted by molar-refractivity contribution is -0.122. The first kappa shape index (κ1) is 18.5. The second-order valence-corrected chi connectivity index (χ2v) is 7.97. The van der Waals surface area contributed by atoms with Crippen molar-refractivity contribution in [2.45, 2.75) is 45.2 Å². The van der Waals surface area contributed by atoms with Crippen molar-refractivity contribution in [1.29, 1.82) is 0 Å². The zero-order valence-electron chi connectivity index (χ0n) is 16.8. The molecule has 1 aliphatic carbocycles. The third-order valence-electron chi connectivity index (χ3n) is 5.79. The van der Waals surface area contributed by atoms with Crippen molar-refractivity contribution in [1.82, 2.24) is 24.5 Å². The number of nitrogens with one attached hydrogen (secondary N) is 1. The van der Waals surface area contributed by atoms with Crippen LogP contribution >= 0.6 is 0 Å². The smallest absolute Gasteiger partial charge is 0.351 e. The maximum atomic E-state index is 13.3. The maximum absolute atomic E-state index is 13.3. The molecule has 2 heterocycles. The van der Waals surface area contributed by atoms with Gasteiger partial charge in [0.1, 0.15) is 6.54 Å². The van der Waals surface area contributed by atoms with Crippen LogP contribution in [0, 0.1) is 6.92 Å². The van der Waals surface area contributed by atoms with Gasteiger partial charge in [-0.05, 0) is 31.9 Å². The molecule has 0 spiro atoms. The highest BCUT2D eigenvalue weighted by atomic mass is 16.2. The molecule has 0 radical (unpaired) electrons. The minimum absolute atomic E-state index is 0.0362. The van der Waals surface area contributed by atoms with Crippen LogP contribution in [0.2, 0.25) is 0 Å². The number of rotatable bonds is 4. The molecule has 5 rings (SSSR count). The van der Waals surface area contributed by atoms with E-state index in [2.05, 4.69) is 15.4 Å². The molecule has 7 heteroatoms. The number of fused-ring (bicyclic) bond motifs is 3. The highest BCUT2D eigenvalue weighted by Crippen LogP contribution is 2.22. The fourth-order valence-electron chi connectivity index (χ4n) is 4.20. The molecular weight excluding hydrogens is 378 g/mol. The lowest BCUT2D eigenvalue weighted by Crippen LogP contribution is -2.39. The summed E-state index contributed by atoms with van der Waals surface area (Å²) in [6, 6.07) is 15.6. The van der Waals surface area contributed by atoms with Gasteiger partial charge in [-0.25, -0.2) is 9.78 Å². The summed E-state index contributed by atoms with van der Waals surface area (Å²) in [4.78, 5) is 30.5. The van der Waals surface area contributed by atoms with E-state index in [1.807, 2.05) is 55.5 Å². The zero-order chi connectivity index (χ0) is 20.7. The third-order valence-corrected chi connectivity index (χ3v) is 5.79. The fourth-order valence-corrected chi connectivity index (χ4v) is 4.20. The van der Waals surface area contributed by atoms with Crippen molar-refractivity contribution >= 4 is 22.5 Å². The molecule has 2 aromatic heterocycles. The monoisotopic (exact) mass is 401 g/mol. The number of benzene rings is 2. The van der Waals surface area contributed by atoms with Crippen LogP contribution in [0.5, 0.6) is 0 Å². The molecule has 0 atom stereocenters. The average molecular weight is 401 g/mol. The van der Waals surface area contributed by atoms with Gasteiger partial charge in [-0.2, -0.15) is 4.52 Å². The number of nitrogens with zero attached hydrogens (tertiary/aromatic N) is 4. The normalized spacial score (nSPS) is 14.6. The minimum Gasteiger partial charge on any atom is -0.352 e. The topological polar surface area (TPSA) is 81.3 Å². The van der Waals surface area contributed by atoms with E-state index in [1.165, 1.54) is 9.08 Å². The van der Waals surface area contributed by atoms with E-state index < -0.39 is 0 Å². The van der Waals surface area contributed by atoms with Gasteiger partial charge >= 0.3 is 5.69 Å². The third kappa shape index (κ3) is 3.26. The van der Waals surface area contributed by atoms with E-state index in [1.54, 1.807) is 0 Å². The summed E-state index contributed by atoms with van der Waals surface area (Å²) in [6.45, 7) is 1.98. The Hall–Kier alpha value is -3.48. The van der Waals surface area contributed by atoms with Crippen molar-refractivity contribution in [3.63, 3.8) is 0 Å². The Morgan fingerprint density at radius 1 is 1.10 bits per heavy atom. The van der Waals surface area contributed by atoms with Crippen molar-refractivity contribution in [3.05, 3.63) is 64.6 Å². The lowest BCUT2D eigenvalue weighted by Gasteiger charge is -2.14. The van der Waals surface area contributed by atoms with Gasteiger partial charge in [-0.15, -0.1) is 5.10 Å². The molecule has 0 aliphatic heterocycles. The molecule has 152 valence electrons. The molecule has 7 nitrogen and oxygen atoms in total. The molecule has 1 N–H and O–H groups in total.